The molecule has 3 nitrogen and oxygen atoms in total. The Morgan fingerprint density at radius 1 is 1.11 bits per heavy atom. The molecule has 4 N–H and O–H groups in total. The smallest absolute Gasteiger partial charge is 0.0770 e. The Bertz CT molecular complexity index is 610. The molecule has 1 aliphatic carbocycles. The van der Waals surface area contributed by atoms with E-state index in [1.807, 2.05) is 0 Å². The van der Waals surface area contributed by atoms with E-state index < -0.39 is 0 Å². The van der Waals surface area contributed by atoms with E-state index in [2.05, 4.69) is 39.1 Å². The maximum absolute atomic E-state index is 6.03. The second kappa shape index (κ2) is 4.28. The quantitative estimate of drug-likeness (QED) is 0.851. The standard InChI is InChI=1S/C14H14BrN3/c15-11-2-1-8-5-10(6-9(8)7-11)14-13(17)12(16)3-4-18-14/h1-4,7,10H,5-6,17H2,(H2,16,18). The summed E-state index contributed by atoms with van der Waals surface area (Å²) in [4.78, 5) is 4.41. The zero-order valence-electron chi connectivity index (χ0n) is 9.86. The highest BCUT2D eigenvalue weighted by atomic mass is 79.9. The second-order valence-electron chi connectivity index (χ2n) is 4.72. The molecular weight excluding hydrogens is 290 g/mol. The molecule has 0 spiro atoms. The summed E-state index contributed by atoms with van der Waals surface area (Å²) >= 11 is 3.51. The van der Waals surface area contributed by atoms with Crippen LogP contribution >= 0.6 is 15.9 Å². The van der Waals surface area contributed by atoms with Crippen molar-refractivity contribution in [2.45, 2.75) is 18.8 Å². The SMILES string of the molecule is Nc1ccnc(C2Cc3ccc(Br)cc3C2)c1N. The zero-order valence-corrected chi connectivity index (χ0v) is 11.4. The highest BCUT2D eigenvalue weighted by Gasteiger charge is 2.26. The van der Waals surface area contributed by atoms with Crippen LogP contribution in [0, 0.1) is 0 Å². The minimum Gasteiger partial charge on any atom is -0.397 e. The van der Waals surface area contributed by atoms with Gasteiger partial charge >= 0.3 is 0 Å². The van der Waals surface area contributed by atoms with Crippen molar-refractivity contribution in [3.8, 4) is 0 Å². The molecule has 18 heavy (non-hydrogen) atoms. The van der Waals surface area contributed by atoms with Gasteiger partial charge in [-0.2, -0.15) is 0 Å². The molecule has 2 aromatic rings. The lowest BCUT2D eigenvalue weighted by Gasteiger charge is -2.12. The van der Waals surface area contributed by atoms with Crippen molar-refractivity contribution < 1.29 is 0 Å². The van der Waals surface area contributed by atoms with Gasteiger partial charge in [-0.1, -0.05) is 22.0 Å². The van der Waals surface area contributed by atoms with E-state index in [0.29, 0.717) is 17.3 Å². The van der Waals surface area contributed by atoms with Gasteiger partial charge in [-0.3, -0.25) is 4.98 Å². The minimum absolute atomic E-state index is 0.345. The average molecular weight is 304 g/mol. The predicted molar refractivity (Wildman–Crippen MR) is 77.4 cm³/mol. The fraction of sp³-hybridized carbons (Fsp3) is 0.214. The van der Waals surface area contributed by atoms with Crippen LogP contribution < -0.4 is 11.5 Å². The number of anilines is 2. The van der Waals surface area contributed by atoms with E-state index in [4.69, 9.17) is 11.5 Å². The van der Waals surface area contributed by atoms with E-state index in [9.17, 15) is 0 Å². The molecule has 92 valence electrons. The summed E-state index contributed by atoms with van der Waals surface area (Å²) in [6, 6.07) is 8.18. The first kappa shape index (κ1) is 11.5. The zero-order chi connectivity index (χ0) is 12.7. The van der Waals surface area contributed by atoms with Crippen LogP contribution in [-0.2, 0) is 12.8 Å². The van der Waals surface area contributed by atoms with Crippen molar-refractivity contribution in [1.29, 1.82) is 0 Å². The van der Waals surface area contributed by atoms with Crippen molar-refractivity contribution in [2.75, 3.05) is 11.5 Å². The van der Waals surface area contributed by atoms with Crippen LogP contribution in [0.4, 0.5) is 11.4 Å². The van der Waals surface area contributed by atoms with Crippen LogP contribution in [0.2, 0.25) is 0 Å². The highest BCUT2D eigenvalue weighted by Crippen LogP contribution is 2.37. The molecule has 1 aromatic heterocycles. The van der Waals surface area contributed by atoms with Gasteiger partial charge in [0.15, 0.2) is 0 Å². The van der Waals surface area contributed by atoms with Gasteiger partial charge < -0.3 is 11.5 Å². The van der Waals surface area contributed by atoms with Crippen LogP contribution in [0.3, 0.4) is 0 Å². The minimum atomic E-state index is 0.345. The van der Waals surface area contributed by atoms with Gasteiger partial charge in [0, 0.05) is 16.6 Å². The molecular formula is C14H14BrN3. The number of benzene rings is 1. The second-order valence-corrected chi connectivity index (χ2v) is 5.63. The van der Waals surface area contributed by atoms with E-state index in [1.165, 1.54) is 11.1 Å². The molecule has 3 rings (SSSR count). The Labute approximate surface area is 114 Å². The molecule has 0 saturated carbocycles. The van der Waals surface area contributed by atoms with Crippen molar-refractivity contribution in [3.63, 3.8) is 0 Å². The molecule has 1 heterocycles. The molecule has 1 atom stereocenters. The molecule has 0 saturated heterocycles. The van der Waals surface area contributed by atoms with Crippen LogP contribution in [0.1, 0.15) is 22.7 Å². The van der Waals surface area contributed by atoms with E-state index >= 15 is 0 Å². The van der Waals surface area contributed by atoms with Crippen LogP contribution in [0.25, 0.3) is 0 Å². The molecule has 0 aliphatic heterocycles. The summed E-state index contributed by atoms with van der Waals surface area (Å²) in [7, 11) is 0. The number of hydrogen-bond acceptors (Lipinski definition) is 3. The third-order valence-electron chi connectivity index (χ3n) is 3.54. The number of halogens is 1. The van der Waals surface area contributed by atoms with E-state index in [0.717, 1.165) is 23.0 Å². The van der Waals surface area contributed by atoms with Gasteiger partial charge in [0.1, 0.15) is 0 Å². The summed E-state index contributed by atoms with van der Waals surface area (Å²) in [6.45, 7) is 0. The number of fused-ring (bicyclic) bond motifs is 1. The summed E-state index contributed by atoms with van der Waals surface area (Å²) in [6.07, 6.45) is 3.71. The maximum Gasteiger partial charge on any atom is 0.0770 e. The highest BCUT2D eigenvalue weighted by molar-refractivity contribution is 9.10. The lowest BCUT2D eigenvalue weighted by molar-refractivity contribution is 0.717. The normalized spacial score (nSPS) is 17.7. The third-order valence-corrected chi connectivity index (χ3v) is 4.04. The number of hydrogen-bond donors (Lipinski definition) is 2. The average Bonchev–Trinajstić information content (AvgIpc) is 2.75. The first-order valence-corrected chi connectivity index (χ1v) is 6.71. The monoisotopic (exact) mass is 303 g/mol. The van der Waals surface area contributed by atoms with Crippen molar-refractivity contribution in [1.82, 2.24) is 4.98 Å². The number of nitrogen functional groups attached to an aromatic ring is 2. The van der Waals surface area contributed by atoms with Crippen LogP contribution in [-0.4, -0.2) is 4.98 Å². The summed E-state index contributed by atoms with van der Waals surface area (Å²) in [5.41, 5.74) is 16.8. The Balaban J connectivity index is 1.96. The van der Waals surface area contributed by atoms with Crippen molar-refractivity contribution >= 4 is 27.3 Å². The molecule has 0 amide bonds. The predicted octanol–water partition coefficient (Wildman–Crippen LogP) is 2.89. The molecule has 1 aromatic carbocycles. The Morgan fingerprint density at radius 2 is 1.89 bits per heavy atom. The largest absolute Gasteiger partial charge is 0.397 e. The number of aromatic nitrogens is 1. The van der Waals surface area contributed by atoms with Gasteiger partial charge in [0.05, 0.1) is 17.1 Å². The lowest BCUT2D eigenvalue weighted by atomic mass is 9.99. The van der Waals surface area contributed by atoms with Gasteiger partial charge in [-0.25, -0.2) is 0 Å². The van der Waals surface area contributed by atoms with E-state index in [1.54, 1.807) is 12.3 Å². The van der Waals surface area contributed by atoms with Gasteiger partial charge in [0.2, 0.25) is 0 Å². The summed E-state index contributed by atoms with van der Waals surface area (Å²) in [5.74, 6) is 0.345. The van der Waals surface area contributed by atoms with E-state index in [-0.39, 0.29) is 0 Å². The first-order chi connectivity index (χ1) is 8.65. The summed E-state index contributed by atoms with van der Waals surface area (Å²) < 4.78 is 1.12. The topological polar surface area (TPSA) is 64.9 Å². The molecule has 1 unspecified atom stereocenters. The molecule has 0 fully saturated rings. The fourth-order valence-electron chi connectivity index (χ4n) is 2.61. The first-order valence-electron chi connectivity index (χ1n) is 5.92. The number of pyridine rings is 1. The van der Waals surface area contributed by atoms with Gasteiger partial charge in [-0.15, -0.1) is 0 Å². The Morgan fingerprint density at radius 3 is 2.72 bits per heavy atom. The van der Waals surface area contributed by atoms with Gasteiger partial charge in [0.25, 0.3) is 0 Å². The van der Waals surface area contributed by atoms with Crippen LogP contribution in [0.5, 0.6) is 0 Å². The van der Waals surface area contributed by atoms with Gasteiger partial charge in [-0.05, 0) is 42.2 Å². The van der Waals surface area contributed by atoms with Crippen molar-refractivity contribution in [3.05, 3.63) is 51.8 Å². The maximum atomic E-state index is 6.03. The van der Waals surface area contributed by atoms with Crippen molar-refractivity contribution in [2.24, 2.45) is 0 Å². The third kappa shape index (κ3) is 1.86. The molecule has 0 radical (unpaired) electrons. The lowest BCUT2D eigenvalue weighted by Crippen LogP contribution is -2.07. The number of nitrogens with zero attached hydrogens (tertiary/aromatic N) is 1. The van der Waals surface area contributed by atoms with Crippen LogP contribution in [0.15, 0.2) is 34.9 Å². The Kier molecular flexibility index (Phi) is 2.74. The number of rotatable bonds is 1. The Hall–Kier alpha value is -1.55. The summed E-state index contributed by atoms with van der Waals surface area (Å²) in [5, 5.41) is 0. The molecule has 0 bridgehead atoms. The fourth-order valence-corrected chi connectivity index (χ4v) is 3.02. The number of nitrogens with two attached hydrogens (primary N) is 2. The molecule has 1 aliphatic rings. The molecule has 4 heteroatoms.